The predicted molar refractivity (Wildman–Crippen MR) is 104 cm³/mol. The average Bonchev–Trinajstić information content (AvgIpc) is 3.00. The summed E-state index contributed by atoms with van der Waals surface area (Å²) in [5, 5.41) is 22.5. The molecule has 0 aromatic heterocycles. The largest absolute Gasteiger partial charge is 0.504 e. The monoisotopic (exact) mass is 401 g/mol. The second-order valence-corrected chi connectivity index (χ2v) is 7.54. The Balaban J connectivity index is 1.74. The van der Waals surface area contributed by atoms with Crippen molar-refractivity contribution in [2.24, 2.45) is 16.6 Å². The van der Waals surface area contributed by atoms with Crippen molar-refractivity contribution in [1.29, 1.82) is 0 Å². The van der Waals surface area contributed by atoms with Crippen molar-refractivity contribution < 1.29 is 24.4 Å². The Labute approximate surface area is 167 Å². The fraction of sp³-hybridized carbons (Fsp3) is 0.400. The predicted octanol–water partition coefficient (Wildman–Crippen LogP) is 2.13. The van der Waals surface area contributed by atoms with E-state index in [1.54, 1.807) is 24.3 Å². The standard InChI is InChI=1S/C20H23N3O6/c1-27-16-9-12(2-4-13(16)23-26)17-19(21)6-7-28-18(20(19,22)10-29-17)11-3-5-14(24)15(25)8-11/h2-5,8-9,17-18,24-25H,6-7,10,21-22H2,1H3/t17-,18-,19+,20+/m1/s1. The van der Waals surface area contributed by atoms with Crippen LogP contribution in [0.15, 0.2) is 41.6 Å². The zero-order valence-corrected chi connectivity index (χ0v) is 15.9. The Morgan fingerprint density at radius 1 is 1.03 bits per heavy atom. The van der Waals surface area contributed by atoms with E-state index in [9.17, 15) is 15.1 Å². The van der Waals surface area contributed by atoms with Gasteiger partial charge in [-0.1, -0.05) is 12.1 Å². The first kappa shape index (κ1) is 19.6. The number of phenolic OH excluding ortho intramolecular Hbond substituents is 2. The van der Waals surface area contributed by atoms with Crippen LogP contribution in [0.5, 0.6) is 17.2 Å². The van der Waals surface area contributed by atoms with Gasteiger partial charge < -0.3 is 35.9 Å². The van der Waals surface area contributed by atoms with E-state index < -0.39 is 23.3 Å². The van der Waals surface area contributed by atoms with Gasteiger partial charge in [-0.05, 0) is 47.0 Å². The Morgan fingerprint density at radius 3 is 2.41 bits per heavy atom. The lowest BCUT2D eigenvalue weighted by Crippen LogP contribution is -2.71. The molecular weight excluding hydrogens is 378 g/mol. The molecule has 4 rings (SSSR count). The first-order valence-corrected chi connectivity index (χ1v) is 9.18. The van der Waals surface area contributed by atoms with Gasteiger partial charge in [0.2, 0.25) is 0 Å². The molecule has 154 valence electrons. The molecule has 2 fully saturated rings. The van der Waals surface area contributed by atoms with E-state index in [0.717, 1.165) is 5.56 Å². The number of benzene rings is 2. The van der Waals surface area contributed by atoms with Crippen LogP contribution in [0, 0.1) is 4.91 Å². The Kier molecular flexibility index (Phi) is 4.70. The molecule has 4 atom stereocenters. The molecule has 2 saturated heterocycles. The van der Waals surface area contributed by atoms with Crippen molar-refractivity contribution in [2.75, 3.05) is 20.3 Å². The highest BCUT2D eigenvalue weighted by atomic mass is 16.5. The molecule has 0 unspecified atom stereocenters. The quantitative estimate of drug-likeness (QED) is 0.449. The van der Waals surface area contributed by atoms with Crippen LogP contribution in [-0.2, 0) is 9.47 Å². The van der Waals surface area contributed by atoms with Gasteiger partial charge in [-0.15, -0.1) is 4.91 Å². The van der Waals surface area contributed by atoms with Crippen molar-refractivity contribution in [1.82, 2.24) is 0 Å². The van der Waals surface area contributed by atoms with Gasteiger partial charge in [-0.2, -0.15) is 0 Å². The molecule has 2 aromatic carbocycles. The molecule has 0 radical (unpaired) electrons. The van der Waals surface area contributed by atoms with E-state index in [4.69, 9.17) is 25.7 Å². The number of fused-ring (bicyclic) bond motifs is 1. The molecule has 0 amide bonds. The second kappa shape index (κ2) is 6.96. The van der Waals surface area contributed by atoms with E-state index in [0.29, 0.717) is 24.3 Å². The minimum absolute atomic E-state index is 0.121. The van der Waals surface area contributed by atoms with Crippen molar-refractivity contribution in [3.8, 4) is 17.2 Å². The van der Waals surface area contributed by atoms with Crippen LogP contribution in [0.2, 0.25) is 0 Å². The van der Waals surface area contributed by atoms with Gasteiger partial charge in [0.15, 0.2) is 11.5 Å². The lowest BCUT2D eigenvalue weighted by Gasteiger charge is -2.49. The second-order valence-electron chi connectivity index (χ2n) is 7.54. The number of nitrogens with two attached hydrogens (primary N) is 2. The number of ether oxygens (including phenoxy) is 3. The Bertz CT molecular complexity index is 954. The summed E-state index contributed by atoms with van der Waals surface area (Å²) in [6.07, 6.45) is -0.750. The highest BCUT2D eigenvalue weighted by Crippen LogP contribution is 2.53. The third-order valence-electron chi connectivity index (χ3n) is 6.00. The molecule has 0 spiro atoms. The van der Waals surface area contributed by atoms with Gasteiger partial charge in [0.25, 0.3) is 0 Å². The maximum Gasteiger partial charge on any atom is 0.157 e. The van der Waals surface area contributed by atoms with Crippen molar-refractivity contribution in [3.63, 3.8) is 0 Å². The van der Waals surface area contributed by atoms with Gasteiger partial charge >= 0.3 is 0 Å². The smallest absolute Gasteiger partial charge is 0.157 e. The fourth-order valence-corrected chi connectivity index (χ4v) is 4.35. The van der Waals surface area contributed by atoms with Crippen LogP contribution in [0.3, 0.4) is 0 Å². The SMILES string of the molecule is COc1cc([C@H]2OC[C@]3(N)[C@@H](c4ccc(O)c(O)c4)OCC[C@]23N)ccc1N=O. The summed E-state index contributed by atoms with van der Waals surface area (Å²) in [7, 11) is 1.45. The first-order valence-electron chi connectivity index (χ1n) is 9.18. The van der Waals surface area contributed by atoms with Crippen LogP contribution in [0.4, 0.5) is 5.69 Å². The van der Waals surface area contributed by atoms with Gasteiger partial charge in [-0.25, -0.2) is 0 Å². The van der Waals surface area contributed by atoms with E-state index >= 15 is 0 Å². The number of methoxy groups -OCH3 is 1. The molecule has 2 aliphatic heterocycles. The molecular formula is C20H23N3O6. The third kappa shape index (κ3) is 2.85. The molecule has 6 N–H and O–H groups in total. The van der Waals surface area contributed by atoms with Crippen LogP contribution in [-0.4, -0.2) is 41.6 Å². The fourth-order valence-electron chi connectivity index (χ4n) is 4.35. The summed E-state index contributed by atoms with van der Waals surface area (Å²) in [6, 6.07) is 9.40. The lowest BCUT2D eigenvalue weighted by molar-refractivity contribution is -0.0735. The number of rotatable bonds is 4. The molecule has 2 aromatic rings. The molecule has 9 nitrogen and oxygen atoms in total. The zero-order valence-electron chi connectivity index (χ0n) is 15.9. The molecule has 2 heterocycles. The van der Waals surface area contributed by atoms with Crippen LogP contribution >= 0.6 is 0 Å². The van der Waals surface area contributed by atoms with Crippen LogP contribution in [0.25, 0.3) is 0 Å². The van der Waals surface area contributed by atoms with Gasteiger partial charge in [-0.3, -0.25) is 0 Å². The number of nitrogens with zero attached hydrogens (tertiary/aromatic N) is 1. The first-order chi connectivity index (χ1) is 13.8. The van der Waals surface area contributed by atoms with Gasteiger partial charge in [0.05, 0.1) is 24.8 Å². The number of hydrogen-bond acceptors (Lipinski definition) is 9. The summed E-state index contributed by atoms with van der Waals surface area (Å²) >= 11 is 0. The van der Waals surface area contributed by atoms with Crippen molar-refractivity contribution in [3.05, 3.63) is 52.4 Å². The van der Waals surface area contributed by atoms with E-state index in [1.807, 2.05) is 0 Å². The summed E-state index contributed by atoms with van der Waals surface area (Å²) in [5.74, 6) is -0.169. The molecule has 9 heteroatoms. The minimum Gasteiger partial charge on any atom is -0.504 e. The van der Waals surface area contributed by atoms with Gasteiger partial charge in [0, 0.05) is 6.61 Å². The molecule has 29 heavy (non-hydrogen) atoms. The molecule has 2 aliphatic rings. The highest BCUT2D eigenvalue weighted by molar-refractivity contribution is 5.54. The van der Waals surface area contributed by atoms with Crippen LogP contribution < -0.4 is 16.2 Å². The topological polar surface area (TPSA) is 150 Å². The van der Waals surface area contributed by atoms with E-state index in [1.165, 1.54) is 19.2 Å². The zero-order chi connectivity index (χ0) is 20.8. The van der Waals surface area contributed by atoms with Gasteiger partial charge in [0.1, 0.15) is 23.6 Å². The maximum atomic E-state index is 11.0. The summed E-state index contributed by atoms with van der Waals surface area (Å²) in [6.45, 7) is 0.462. The summed E-state index contributed by atoms with van der Waals surface area (Å²) in [4.78, 5) is 11.0. The Morgan fingerprint density at radius 2 is 1.72 bits per heavy atom. The summed E-state index contributed by atoms with van der Waals surface area (Å²) in [5.41, 5.74) is 13.1. The number of nitroso groups, excluding NO2 is 1. The van der Waals surface area contributed by atoms with Crippen LogP contribution in [0.1, 0.15) is 29.8 Å². The lowest BCUT2D eigenvalue weighted by atomic mass is 9.67. The number of phenols is 2. The molecule has 0 aliphatic carbocycles. The average molecular weight is 401 g/mol. The number of aromatic hydroxyl groups is 2. The normalized spacial score (nSPS) is 31.3. The highest BCUT2D eigenvalue weighted by Gasteiger charge is 2.63. The molecule has 0 saturated carbocycles. The summed E-state index contributed by atoms with van der Waals surface area (Å²) < 4.78 is 17.3. The molecule has 0 bridgehead atoms. The van der Waals surface area contributed by atoms with E-state index in [-0.39, 0.29) is 23.8 Å². The third-order valence-corrected chi connectivity index (χ3v) is 6.00. The number of hydrogen-bond donors (Lipinski definition) is 4. The van der Waals surface area contributed by atoms with Crippen molar-refractivity contribution in [2.45, 2.75) is 29.7 Å². The van der Waals surface area contributed by atoms with Crippen molar-refractivity contribution >= 4 is 5.69 Å². The van der Waals surface area contributed by atoms with E-state index in [2.05, 4.69) is 5.18 Å². The Hall–Kier alpha value is -2.72. The maximum absolute atomic E-state index is 11.0. The minimum atomic E-state index is -1.09.